The molecule has 0 saturated heterocycles. The van der Waals surface area contributed by atoms with Crippen molar-refractivity contribution in [2.45, 2.75) is 38.5 Å². The second-order valence-electron chi connectivity index (χ2n) is 7.44. The predicted molar refractivity (Wildman–Crippen MR) is 121 cm³/mol. The Morgan fingerprint density at radius 3 is 2.07 bits per heavy atom. The molecule has 6 heteroatoms. The summed E-state index contributed by atoms with van der Waals surface area (Å²) in [7, 11) is -3.73. The fraction of sp³-hybridized carbons (Fsp3) is 0.208. The molecule has 0 aliphatic carbocycles. The van der Waals surface area contributed by atoms with Crippen LogP contribution in [0.15, 0.2) is 71.6 Å². The highest BCUT2D eigenvalue weighted by Gasteiger charge is 2.17. The summed E-state index contributed by atoms with van der Waals surface area (Å²) >= 11 is 0. The Morgan fingerprint density at radius 1 is 0.867 bits per heavy atom. The van der Waals surface area contributed by atoms with Gasteiger partial charge in [-0.1, -0.05) is 48.0 Å². The predicted octanol–water partition coefficient (Wildman–Crippen LogP) is 4.98. The maximum atomic E-state index is 12.8. The SMILES string of the molecule is Cc1cc(C)c(NS(=O)(=O)c2ccc(NC(=O)CCc3ccccc3)cc2)c(C)c1. The minimum Gasteiger partial charge on any atom is -0.326 e. The van der Waals surface area contributed by atoms with Crippen LogP contribution in [0, 0.1) is 20.8 Å². The third-order valence-corrected chi connectivity index (χ3v) is 6.21. The molecule has 0 spiro atoms. The van der Waals surface area contributed by atoms with Crippen molar-refractivity contribution in [3.8, 4) is 0 Å². The smallest absolute Gasteiger partial charge is 0.261 e. The Morgan fingerprint density at radius 2 is 1.47 bits per heavy atom. The first-order valence-electron chi connectivity index (χ1n) is 9.79. The lowest BCUT2D eigenvalue weighted by atomic mass is 10.1. The average molecular weight is 423 g/mol. The van der Waals surface area contributed by atoms with Crippen LogP contribution in [-0.4, -0.2) is 14.3 Å². The second-order valence-corrected chi connectivity index (χ2v) is 9.12. The summed E-state index contributed by atoms with van der Waals surface area (Å²) < 4.78 is 28.3. The Kier molecular flexibility index (Phi) is 6.57. The van der Waals surface area contributed by atoms with Crippen LogP contribution in [0.25, 0.3) is 0 Å². The van der Waals surface area contributed by atoms with Gasteiger partial charge in [-0.2, -0.15) is 0 Å². The number of hydrogen-bond donors (Lipinski definition) is 2. The van der Waals surface area contributed by atoms with Gasteiger partial charge in [0.15, 0.2) is 0 Å². The Balaban J connectivity index is 1.65. The van der Waals surface area contributed by atoms with Crippen LogP contribution in [0.5, 0.6) is 0 Å². The van der Waals surface area contributed by atoms with Crippen molar-refractivity contribution in [2.75, 3.05) is 10.0 Å². The van der Waals surface area contributed by atoms with E-state index in [1.807, 2.05) is 63.2 Å². The van der Waals surface area contributed by atoms with Crippen molar-refractivity contribution in [1.82, 2.24) is 0 Å². The van der Waals surface area contributed by atoms with Crippen molar-refractivity contribution in [3.63, 3.8) is 0 Å². The number of sulfonamides is 1. The van der Waals surface area contributed by atoms with E-state index < -0.39 is 10.0 Å². The number of carbonyl (C=O) groups excluding carboxylic acids is 1. The van der Waals surface area contributed by atoms with Crippen molar-refractivity contribution < 1.29 is 13.2 Å². The Bertz CT molecular complexity index is 1120. The highest BCUT2D eigenvalue weighted by atomic mass is 32.2. The molecule has 5 nitrogen and oxygen atoms in total. The molecule has 0 heterocycles. The summed E-state index contributed by atoms with van der Waals surface area (Å²) in [4.78, 5) is 12.3. The lowest BCUT2D eigenvalue weighted by molar-refractivity contribution is -0.116. The average Bonchev–Trinajstić information content (AvgIpc) is 2.70. The summed E-state index contributed by atoms with van der Waals surface area (Å²) in [5, 5.41) is 2.81. The van der Waals surface area contributed by atoms with Gasteiger partial charge in [0.2, 0.25) is 5.91 Å². The summed E-state index contributed by atoms with van der Waals surface area (Å²) in [6, 6.07) is 19.9. The van der Waals surface area contributed by atoms with Gasteiger partial charge in [-0.15, -0.1) is 0 Å². The molecule has 2 N–H and O–H groups in total. The fourth-order valence-corrected chi connectivity index (χ4v) is 4.58. The monoisotopic (exact) mass is 422 g/mol. The molecule has 0 aromatic heterocycles. The molecule has 0 radical (unpaired) electrons. The molecule has 3 rings (SSSR count). The number of rotatable bonds is 7. The fourth-order valence-electron chi connectivity index (χ4n) is 3.38. The van der Waals surface area contributed by atoms with Crippen LogP contribution in [-0.2, 0) is 21.2 Å². The van der Waals surface area contributed by atoms with Gasteiger partial charge in [0, 0.05) is 12.1 Å². The number of hydrogen-bond acceptors (Lipinski definition) is 3. The van der Waals surface area contributed by atoms with Gasteiger partial charge in [-0.05, 0) is 68.1 Å². The standard InChI is InChI=1S/C24H26N2O3S/c1-17-15-18(2)24(19(3)16-17)26-30(28,29)22-12-10-21(11-13-22)25-23(27)14-9-20-7-5-4-6-8-20/h4-8,10-13,15-16,26H,9,14H2,1-3H3,(H,25,27). The first-order valence-corrected chi connectivity index (χ1v) is 11.3. The highest BCUT2D eigenvalue weighted by Crippen LogP contribution is 2.25. The summed E-state index contributed by atoms with van der Waals surface area (Å²) in [5.74, 6) is -0.113. The number of benzene rings is 3. The van der Waals surface area contributed by atoms with Gasteiger partial charge in [0.1, 0.15) is 0 Å². The molecular formula is C24H26N2O3S. The van der Waals surface area contributed by atoms with E-state index in [-0.39, 0.29) is 10.8 Å². The van der Waals surface area contributed by atoms with Crippen molar-refractivity contribution in [1.29, 1.82) is 0 Å². The van der Waals surface area contributed by atoms with Crippen molar-refractivity contribution >= 4 is 27.3 Å². The maximum absolute atomic E-state index is 12.8. The van der Waals surface area contributed by atoms with Crippen molar-refractivity contribution in [2.24, 2.45) is 0 Å². The van der Waals surface area contributed by atoms with E-state index in [9.17, 15) is 13.2 Å². The molecule has 3 aromatic carbocycles. The number of nitrogens with one attached hydrogen (secondary N) is 2. The summed E-state index contributed by atoms with van der Waals surface area (Å²) in [6.07, 6.45) is 1.01. The number of carbonyl (C=O) groups is 1. The van der Waals surface area contributed by atoms with Gasteiger partial charge in [0.05, 0.1) is 10.6 Å². The highest BCUT2D eigenvalue weighted by molar-refractivity contribution is 7.92. The first kappa shape index (κ1) is 21.6. The van der Waals surface area contributed by atoms with Crippen LogP contribution in [0.2, 0.25) is 0 Å². The third-order valence-electron chi connectivity index (χ3n) is 4.85. The van der Waals surface area contributed by atoms with Crippen LogP contribution in [0.4, 0.5) is 11.4 Å². The van der Waals surface area contributed by atoms with Gasteiger partial charge >= 0.3 is 0 Å². The number of aryl methyl sites for hydroxylation is 4. The largest absolute Gasteiger partial charge is 0.326 e. The molecule has 0 saturated carbocycles. The summed E-state index contributed by atoms with van der Waals surface area (Å²) in [5.41, 5.74) is 5.09. The summed E-state index contributed by atoms with van der Waals surface area (Å²) in [6.45, 7) is 5.74. The minimum absolute atomic E-state index is 0.113. The molecule has 156 valence electrons. The molecule has 0 unspecified atom stereocenters. The topological polar surface area (TPSA) is 75.3 Å². The quantitative estimate of drug-likeness (QED) is 0.564. The second kappa shape index (κ2) is 9.13. The zero-order valence-electron chi connectivity index (χ0n) is 17.4. The zero-order chi connectivity index (χ0) is 21.7. The van der Waals surface area contributed by atoms with Crippen molar-refractivity contribution in [3.05, 3.63) is 89.0 Å². The van der Waals surface area contributed by atoms with E-state index >= 15 is 0 Å². The molecule has 0 aliphatic rings. The number of amides is 1. The Labute approximate surface area is 178 Å². The van der Waals surface area contributed by atoms with Gasteiger partial charge in [0.25, 0.3) is 10.0 Å². The molecule has 1 amide bonds. The zero-order valence-corrected chi connectivity index (χ0v) is 18.2. The van der Waals surface area contributed by atoms with E-state index in [0.29, 0.717) is 24.2 Å². The molecule has 3 aromatic rings. The van der Waals surface area contributed by atoms with E-state index in [2.05, 4.69) is 10.0 Å². The Hall–Kier alpha value is -3.12. The molecule has 0 bridgehead atoms. The molecule has 0 aliphatic heterocycles. The molecule has 30 heavy (non-hydrogen) atoms. The maximum Gasteiger partial charge on any atom is 0.261 e. The normalized spacial score (nSPS) is 11.2. The van der Waals surface area contributed by atoms with Crippen LogP contribution >= 0.6 is 0 Å². The first-order chi connectivity index (χ1) is 14.2. The van der Waals surface area contributed by atoms with E-state index in [0.717, 1.165) is 22.3 Å². The lowest BCUT2D eigenvalue weighted by Gasteiger charge is -2.14. The van der Waals surface area contributed by atoms with Gasteiger partial charge in [-0.3, -0.25) is 9.52 Å². The van der Waals surface area contributed by atoms with Gasteiger partial charge < -0.3 is 5.32 Å². The lowest BCUT2D eigenvalue weighted by Crippen LogP contribution is -2.15. The molecule has 0 fully saturated rings. The number of anilines is 2. The van der Waals surface area contributed by atoms with Crippen LogP contribution in [0.3, 0.4) is 0 Å². The van der Waals surface area contributed by atoms with E-state index in [4.69, 9.17) is 0 Å². The van der Waals surface area contributed by atoms with E-state index in [1.54, 1.807) is 12.1 Å². The third kappa shape index (κ3) is 5.48. The minimum atomic E-state index is -3.73. The van der Waals surface area contributed by atoms with Gasteiger partial charge in [-0.25, -0.2) is 8.42 Å². The van der Waals surface area contributed by atoms with E-state index in [1.165, 1.54) is 12.1 Å². The molecular weight excluding hydrogens is 396 g/mol. The molecule has 0 atom stereocenters. The van der Waals surface area contributed by atoms with Crippen LogP contribution < -0.4 is 10.0 Å². The van der Waals surface area contributed by atoms with Crippen LogP contribution in [0.1, 0.15) is 28.7 Å².